The normalized spacial score (nSPS) is 20.9. The molecule has 6 nitrogen and oxygen atoms in total. The zero-order valence-electron chi connectivity index (χ0n) is 16.2. The Morgan fingerprint density at radius 1 is 1.32 bits per heavy atom. The molecule has 158 valence electrons. The van der Waals surface area contributed by atoms with Crippen LogP contribution in [0.4, 0.5) is 8.78 Å². The average molecular weight is 510 g/mol. The minimum atomic E-state index is -2.82. The molecule has 3 rings (SSSR count). The number of likely N-dealkylation sites (tertiary alicyclic amines) is 1. The second-order valence-electron chi connectivity index (χ2n) is 6.73. The van der Waals surface area contributed by atoms with Gasteiger partial charge in [-0.05, 0) is 31.0 Å². The molecule has 2 aliphatic rings. The van der Waals surface area contributed by atoms with Crippen LogP contribution >= 0.6 is 24.0 Å². The summed E-state index contributed by atoms with van der Waals surface area (Å²) in [6, 6.07) is 7.24. The fourth-order valence-corrected chi connectivity index (χ4v) is 3.59. The molecule has 1 atom stereocenters. The molecule has 0 radical (unpaired) electrons. The molecule has 0 amide bonds. The van der Waals surface area contributed by atoms with Crippen LogP contribution in [0.2, 0.25) is 0 Å². The zero-order valence-corrected chi connectivity index (χ0v) is 18.5. The van der Waals surface area contributed by atoms with Gasteiger partial charge in [0.05, 0.1) is 19.8 Å². The summed E-state index contributed by atoms with van der Waals surface area (Å²) < 4.78 is 34.7. The predicted molar refractivity (Wildman–Crippen MR) is 116 cm³/mol. The van der Waals surface area contributed by atoms with Gasteiger partial charge in [0.25, 0.3) is 0 Å². The number of hydrogen-bond acceptors (Lipinski definition) is 4. The van der Waals surface area contributed by atoms with Gasteiger partial charge in [-0.25, -0.2) is 4.99 Å². The highest BCUT2D eigenvalue weighted by Gasteiger charge is 2.30. The summed E-state index contributed by atoms with van der Waals surface area (Å²) in [6.07, 6.45) is 1.11. The van der Waals surface area contributed by atoms with Crippen LogP contribution in [0.15, 0.2) is 29.3 Å². The molecule has 2 fully saturated rings. The van der Waals surface area contributed by atoms with Crippen molar-refractivity contribution in [2.45, 2.75) is 32.5 Å². The fourth-order valence-electron chi connectivity index (χ4n) is 3.59. The van der Waals surface area contributed by atoms with E-state index >= 15 is 0 Å². The van der Waals surface area contributed by atoms with Gasteiger partial charge in [0.1, 0.15) is 5.75 Å². The third-order valence-electron chi connectivity index (χ3n) is 4.89. The number of hydrogen-bond donors (Lipinski definition) is 1. The van der Waals surface area contributed by atoms with Crippen molar-refractivity contribution < 1.29 is 18.3 Å². The number of guanidine groups is 1. The number of ether oxygens (including phenoxy) is 2. The Labute approximate surface area is 182 Å². The van der Waals surface area contributed by atoms with Crippen molar-refractivity contribution in [3.05, 3.63) is 29.8 Å². The Morgan fingerprint density at radius 3 is 2.82 bits per heavy atom. The molecule has 0 saturated carbocycles. The lowest BCUT2D eigenvalue weighted by Gasteiger charge is -2.32. The van der Waals surface area contributed by atoms with E-state index in [4.69, 9.17) is 9.73 Å². The third-order valence-corrected chi connectivity index (χ3v) is 4.89. The molecule has 9 heteroatoms. The van der Waals surface area contributed by atoms with Gasteiger partial charge in [0.2, 0.25) is 0 Å². The Balaban J connectivity index is 0.00000280. The van der Waals surface area contributed by atoms with Crippen molar-refractivity contribution in [2.75, 3.05) is 45.9 Å². The Hall–Kier alpha value is -1.20. The number of nitrogens with zero attached hydrogens (tertiary/aromatic N) is 3. The zero-order chi connectivity index (χ0) is 19.1. The van der Waals surface area contributed by atoms with Crippen LogP contribution in [0.25, 0.3) is 0 Å². The summed E-state index contributed by atoms with van der Waals surface area (Å²) in [6.45, 7) is 5.93. The molecule has 1 unspecified atom stereocenters. The lowest BCUT2D eigenvalue weighted by atomic mass is 10.2. The van der Waals surface area contributed by atoms with Crippen LogP contribution in [0, 0.1) is 0 Å². The van der Waals surface area contributed by atoms with Crippen molar-refractivity contribution >= 4 is 29.9 Å². The maximum atomic E-state index is 12.4. The second kappa shape index (κ2) is 11.7. The van der Waals surface area contributed by atoms with E-state index in [1.54, 1.807) is 12.1 Å². The summed E-state index contributed by atoms with van der Waals surface area (Å²) in [5.74, 6) is 1.03. The summed E-state index contributed by atoms with van der Waals surface area (Å²) in [5.41, 5.74) is 0.840. The molecule has 2 aliphatic heterocycles. The standard InChI is InChI=1S/C19H28F2N4O2.HI/c1-2-22-19(23-13-15-4-3-5-17(12-15)27-18(20)21)25-7-6-16(14-25)24-8-10-26-11-9-24;/h3-5,12,16,18H,2,6-11,13-14H2,1H3,(H,22,23);1H. The van der Waals surface area contributed by atoms with E-state index in [0.29, 0.717) is 12.6 Å². The maximum absolute atomic E-state index is 12.4. The van der Waals surface area contributed by atoms with Crippen molar-refractivity contribution in [1.29, 1.82) is 0 Å². The van der Waals surface area contributed by atoms with Crippen LogP contribution in [-0.4, -0.2) is 74.4 Å². The van der Waals surface area contributed by atoms with Gasteiger partial charge < -0.3 is 19.7 Å². The molecule has 1 aromatic carbocycles. The van der Waals surface area contributed by atoms with Crippen molar-refractivity contribution in [3.63, 3.8) is 0 Å². The van der Waals surface area contributed by atoms with Gasteiger partial charge in [-0.3, -0.25) is 4.90 Å². The van der Waals surface area contributed by atoms with Gasteiger partial charge in [-0.1, -0.05) is 12.1 Å². The van der Waals surface area contributed by atoms with Crippen molar-refractivity contribution in [2.24, 2.45) is 4.99 Å². The van der Waals surface area contributed by atoms with E-state index in [-0.39, 0.29) is 29.7 Å². The number of benzene rings is 1. The predicted octanol–water partition coefficient (Wildman–Crippen LogP) is 2.78. The number of halogens is 3. The summed E-state index contributed by atoms with van der Waals surface area (Å²) >= 11 is 0. The smallest absolute Gasteiger partial charge is 0.387 e. The largest absolute Gasteiger partial charge is 0.435 e. The quantitative estimate of drug-likeness (QED) is 0.363. The summed E-state index contributed by atoms with van der Waals surface area (Å²) in [4.78, 5) is 9.49. The van der Waals surface area contributed by atoms with E-state index in [0.717, 1.165) is 63.9 Å². The van der Waals surface area contributed by atoms with Crippen LogP contribution < -0.4 is 10.1 Å². The number of aliphatic imine (C=N–C) groups is 1. The number of nitrogens with one attached hydrogen (secondary N) is 1. The first-order chi connectivity index (χ1) is 13.2. The minimum Gasteiger partial charge on any atom is -0.435 e. The van der Waals surface area contributed by atoms with Crippen LogP contribution in [0.5, 0.6) is 5.75 Å². The highest BCUT2D eigenvalue weighted by molar-refractivity contribution is 14.0. The highest BCUT2D eigenvalue weighted by atomic mass is 127. The van der Waals surface area contributed by atoms with Crippen molar-refractivity contribution in [1.82, 2.24) is 15.1 Å². The first kappa shape index (κ1) is 23.1. The highest BCUT2D eigenvalue weighted by Crippen LogP contribution is 2.19. The van der Waals surface area contributed by atoms with Crippen LogP contribution in [0.3, 0.4) is 0 Å². The van der Waals surface area contributed by atoms with E-state index < -0.39 is 6.61 Å². The molecule has 0 bridgehead atoms. The van der Waals surface area contributed by atoms with Crippen molar-refractivity contribution in [3.8, 4) is 5.75 Å². The fraction of sp³-hybridized carbons (Fsp3) is 0.632. The molecule has 1 aromatic rings. The molecule has 1 N–H and O–H groups in total. The molecular formula is C19H29F2IN4O2. The van der Waals surface area contributed by atoms with E-state index in [2.05, 4.69) is 19.9 Å². The summed E-state index contributed by atoms with van der Waals surface area (Å²) in [5, 5.41) is 3.35. The summed E-state index contributed by atoms with van der Waals surface area (Å²) in [7, 11) is 0. The molecule has 0 aliphatic carbocycles. The molecule has 0 aromatic heterocycles. The van der Waals surface area contributed by atoms with Crippen LogP contribution in [-0.2, 0) is 11.3 Å². The molecule has 2 saturated heterocycles. The average Bonchev–Trinajstić information content (AvgIpc) is 3.16. The number of alkyl halides is 2. The Bertz CT molecular complexity index is 630. The molecule has 28 heavy (non-hydrogen) atoms. The second-order valence-corrected chi connectivity index (χ2v) is 6.73. The molecule has 2 heterocycles. The first-order valence-electron chi connectivity index (χ1n) is 9.54. The number of rotatable bonds is 6. The molecule has 0 spiro atoms. The van der Waals surface area contributed by atoms with Crippen LogP contribution in [0.1, 0.15) is 18.9 Å². The third kappa shape index (κ3) is 6.70. The first-order valence-corrected chi connectivity index (χ1v) is 9.54. The maximum Gasteiger partial charge on any atom is 0.387 e. The SMILES string of the molecule is CCNC(=NCc1cccc(OC(F)F)c1)N1CCC(N2CCOCC2)C1.I. The van der Waals surface area contributed by atoms with E-state index in [9.17, 15) is 8.78 Å². The Kier molecular flexibility index (Phi) is 9.66. The molecular weight excluding hydrogens is 481 g/mol. The monoisotopic (exact) mass is 510 g/mol. The van der Waals surface area contributed by atoms with E-state index in [1.165, 1.54) is 6.07 Å². The van der Waals surface area contributed by atoms with Gasteiger partial charge in [0.15, 0.2) is 5.96 Å². The lowest BCUT2D eigenvalue weighted by molar-refractivity contribution is -0.0498. The minimum absolute atomic E-state index is 0. The topological polar surface area (TPSA) is 49.3 Å². The number of morpholine rings is 1. The Morgan fingerprint density at radius 2 is 2.11 bits per heavy atom. The van der Waals surface area contributed by atoms with Gasteiger partial charge in [0, 0.05) is 38.8 Å². The van der Waals surface area contributed by atoms with E-state index in [1.807, 2.05) is 13.0 Å². The van der Waals surface area contributed by atoms with Gasteiger partial charge in [-0.2, -0.15) is 8.78 Å². The van der Waals surface area contributed by atoms with Gasteiger partial charge in [-0.15, -0.1) is 24.0 Å². The lowest BCUT2D eigenvalue weighted by Crippen LogP contribution is -2.46. The van der Waals surface area contributed by atoms with Gasteiger partial charge >= 0.3 is 6.61 Å².